The zero-order valence-corrected chi connectivity index (χ0v) is 11.2. The van der Waals surface area contributed by atoms with E-state index in [1.54, 1.807) is 11.8 Å². The Morgan fingerprint density at radius 1 is 1.47 bits per heavy atom. The zero-order valence-electron chi connectivity index (χ0n) is 9.65. The number of nitrogens with two attached hydrogens (primary N) is 1. The fourth-order valence-electron chi connectivity index (χ4n) is 2.00. The van der Waals surface area contributed by atoms with Crippen LogP contribution in [0.2, 0.25) is 5.02 Å². The maximum absolute atomic E-state index is 11.7. The first-order valence-electron chi connectivity index (χ1n) is 5.39. The molecular formula is C12H16Cl2N2O. The molecule has 0 saturated heterocycles. The molecule has 0 aromatic heterocycles. The lowest BCUT2D eigenvalue weighted by atomic mass is 9.99. The molecule has 0 saturated carbocycles. The molecule has 1 atom stereocenters. The number of halogens is 2. The molecule has 1 amide bonds. The largest absolute Gasteiger partial charge is 0.337 e. The topological polar surface area (TPSA) is 46.3 Å². The predicted molar refractivity (Wildman–Crippen MR) is 71.5 cm³/mol. The smallest absolute Gasteiger partial charge is 0.239 e. The van der Waals surface area contributed by atoms with Gasteiger partial charge in [-0.05, 0) is 36.6 Å². The summed E-state index contributed by atoms with van der Waals surface area (Å²) in [5, 5.41) is 0.755. The first-order valence-corrected chi connectivity index (χ1v) is 5.77. The van der Waals surface area contributed by atoms with E-state index < -0.39 is 6.04 Å². The third kappa shape index (κ3) is 3.12. The van der Waals surface area contributed by atoms with Crippen molar-refractivity contribution in [1.29, 1.82) is 0 Å². The number of amides is 1. The average molecular weight is 275 g/mol. The number of carbonyl (C=O) groups excluding carboxylic acids is 1. The Morgan fingerprint density at radius 3 is 2.82 bits per heavy atom. The predicted octanol–water partition coefficient (Wildman–Crippen LogP) is 1.99. The fraction of sp³-hybridized carbons (Fsp3) is 0.417. The van der Waals surface area contributed by atoms with Crippen LogP contribution in [-0.2, 0) is 17.8 Å². The van der Waals surface area contributed by atoms with Crippen LogP contribution in [0.4, 0.5) is 0 Å². The Kier molecular flexibility index (Phi) is 4.80. The summed E-state index contributed by atoms with van der Waals surface area (Å²) in [4.78, 5) is 13.6. The van der Waals surface area contributed by atoms with Crippen LogP contribution in [0.3, 0.4) is 0 Å². The minimum atomic E-state index is -0.422. The lowest BCUT2D eigenvalue weighted by molar-refractivity contribution is -0.133. The highest BCUT2D eigenvalue weighted by atomic mass is 35.5. The number of rotatable bonds is 1. The van der Waals surface area contributed by atoms with Gasteiger partial charge in [0.05, 0.1) is 6.04 Å². The molecule has 94 valence electrons. The first kappa shape index (κ1) is 14.3. The Hall–Kier alpha value is -0.770. The van der Waals surface area contributed by atoms with Crippen molar-refractivity contribution < 1.29 is 4.79 Å². The molecule has 1 unspecified atom stereocenters. The Morgan fingerprint density at radius 2 is 2.18 bits per heavy atom. The molecule has 0 spiro atoms. The molecule has 0 fully saturated rings. The molecule has 2 N–H and O–H groups in total. The SMILES string of the molecule is CC(N)C(=O)N1CCc2cc(Cl)ccc2C1.Cl. The van der Waals surface area contributed by atoms with Crippen LogP contribution >= 0.6 is 24.0 Å². The second-order valence-corrected chi connectivity index (χ2v) is 4.65. The quantitative estimate of drug-likeness (QED) is 0.852. The minimum Gasteiger partial charge on any atom is -0.337 e. The van der Waals surface area contributed by atoms with Gasteiger partial charge in [-0.2, -0.15) is 0 Å². The summed E-state index contributed by atoms with van der Waals surface area (Å²) in [6, 6.07) is 5.40. The van der Waals surface area contributed by atoms with E-state index in [1.807, 2.05) is 18.2 Å². The van der Waals surface area contributed by atoms with Crippen molar-refractivity contribution in [3.05, 3.63) is 34.3 Å². The third-order valence-corrected chi connectivity index (χ3v) is 3.12. The molecule has 0 aliphatic carbocycles. The van der Waals surface area contributed by atoms with Gasteiger partial charge in [0, 0.05) is 18.1 Å². The van der Waals surface area contributed by atoms with Crippen LogP contribution in [-0.4, -0.2) is 23.4 Å². The highest BCUT2D eigenvalue weighted by Gasteiger charge is 2.22. The molecule has 1 aromatic carbocycles. The second-order valence-electron chi connectivity index (χ2n) is 4.21. The number of nitrogens with zero attached hydrogens (tertiary/aromatic N) is 1. The lowest BCUT2D eigenvalue weighted by Gasteiger charge is -2.30. The van der Waals surface area contributed by atoms with Gasteiger partial charge in [0.25, 0.3) is 0 Å². The molecule has 1 aliphatic heterocycles. The molecule has 17 heavy (non-hydrogen) atoms. The molecular weight excluding hydrogens is 259 g/mol. The van der Waals surface area contributed by atoms with Gasteiger partial charge >= 0.3 is 0 Å². The molecule has 2 rings (SSSR count). The second kappa shape index (κ2) is 5.71. The summed E-state index contributed by atoms with van der Waals surface area (Å²) < 4.78 is 0. The van der Waals surface area contributed by atoms with Gasteiger partial charge in [-0.25, -0.2) is 0 Å². The standard InChI is InChI=1S/C12H15ClN2O.ClH/c1-8(14)12(16)15-5-4-9-6-11(13)3-2-10(9)7-15;/h2-3,6,8H,4-5,7,14H2,1H3;1H. The van der Waals surface area contributed by atoms with Gasteiger partial charge in [-0.15, -0.1) is 12.4 Å². The Bertz CT molecular complexity index is 421. The van der Waals surface area contributed by atoms with Gasteiger partial charge in [0.2, 0.25) is 5.91 Å². The van der Waals surface area contributed by atoms with E-state index in [-0.39, 0.29) is 18.3 Å². The van der Waals surface area contributed by atoms with E-state index >= 15 is 0 Å². The summed E-state index contributed by atoms with van der Waals surface area (Å²) in [6.45, 7) is 3.10. The van der Waals surface area contributed by atoms with Crippen LogP contribution in [0.15, 0.2) is 18.2 Å². The summed E-state index contributed by atoms with van der Waals surface area (Å²) in [5.74, 6) is 0.0144. The molecule has 1 aromatic rings. The van der Waals surface area contributed by atoms with Gasteiger partial charge < -0.3 is 10.6 Å². The van der Waals surface area contributed by atoms with Crippen molar-refractivity contribution in [2.75, 3.05) is 6.54 Å². The molecule has 0 radical (unpaired) electrons. The molecule has 1 heterocycles. The summed E-state index contributed by atoms with van der Waals surface area (Å²) in [5.41, 5.74) is 8.01. The van der Waals surface area contributed by atoms with Gasteiger partial charge in [0.15, 0.2) is 0 Å². The van der Waals surface area contributed by atoms with Crippen molar-refractivity contribution in [3.8, 4) is 0 Å². The van der Waals surface area contributed by atoms with E-state index in [0.717, 1.165) is 18.0 Å². The fourth-order valence-corrected chi connectivity index (χ4v) is 2.19. The van der Waals surface area contributed by atoms with Gasteiger partial charge in [-0.1, -0.05) is 17.7 Å². The van der Waals surface area contributed by atoms with Crippen molar-refractivity contribution in [3.63, 3.8) is 0 Å². The Balaban J connectivity index is 0.00000144. The van der Waals surface area contributed by atoms with Crippen molar-refractivity contribution in [2.45, 2.75) is 25.9 Å². The van der Waals surface area contributed by atoms with Crippen LogP contribution in [0.5, 0.6) is 0 Å². The Labute approximate surface area is 112 Å². The van der Waals surface area contributed by atoms with Crippen LogP contribution in [0.25, 0.3) is 0 Å². The van der Waals surface area contributed by atoms with Gasteiger partial charge in [0.1, 0.15) is 0 Å². The van der Waals surface area contributed by atoms with E-state index in [0.29, 0.717) is 6.54 Å². The molecule has 1 aliphatic rings. The van der Waals surface area contributed by atoms with E-state index in [1.165, 1.54) is 11.1 Å². The normalized spacial score (nSPS) is 15.8. The number of hydrogen-bond acceptors (Lipinski definition) is 2. The van der Waals surface area contributed by atoms with Gasteiger partial charge in [-0.3, -0.25) is 4.79 Å². The van der Waals surface area contributed by atoms with Crippen LogP contribution < -0.4 is 5.73 Å². The average Bonchev–Trinajstić information content (AvgIpc) is 2.27. The van der Waals surface area contributed by atoms with E-state index in [4.69, 9.17) is 17.3 Å². The van der Waals surface area contributed by atoms with E-state index in [2.05, 4.69) is 0 Å². The first-order chi connectivity index (χ1) is 7.58. The monoisotopic (exact) mass is 274 g/mol. The number of fused-ring (bicyclic) bond motifs is 1. The summed E-state index contributed by atoms with van der Waals surface area (Å²) >= 11 is 5.93. The lowest BCUT2D eigenvalue weighted by Crippen LogP contribution is -2.44. The maximum Gasteiger partial charge on any atom is 0.239 e. The number of hydrogen-bond donors (Lipinski definition) is 1. The minimum absolute atomic E-state index is 0. The molecule has 0 bridgehead atoms. The number of carbonyl (C=O) groups is 1. The van der Waals surface area contributed by atoms with Crippen molar-refractivity contribution >= 4 is 29.9 Å². The summed E-state index contributed by atoms with van der Waals surface area (Å²) in [7, 11) is 0. The number of benzene rings is 1. The maximum atomic E-state index is 11.7. The highest BCUT2D eigenvalue weighted by molar-refractivity contribution is 6.30. The summed E-state index contributed by atoms with van der Waals surface area (Å²) in [6.07, 6.45) is 0.856. The van der Waals surface area contributed by atoms with Crippen LogP contribution in [0.1, 0.15) is 18.1 Å². The highest BCUT2D eigenvalue weighted by Crippen LogP contribution is 2.22. The van der Waals surface area contributed by atoms with Crippen LogP contribution in [0, 0.1) is 0 Å². The third-order valence-electron chi connectivity index (χ3n) is 2.88. The zero-order chi connectivity index (χ0) is 11.7. The van der Waals surface area contributed by atoms with Crippen molar-refractivity contribution in [2.24, 2.45) is 5.73 Å². The molecule has 3 nitrogen and oxygen atoms in total. The van der Waals surface area contributed by atoms with Crippen molar-refractivity contribution in [1.82, 2.24) is 4.90 Å². The van der Waals surface area contributed by atoms with E-state index in [9.17, 15) is 4.79 Å². The molecule has 5 heteroatoms.